The zero-order valence-corrected chi connectivity index (χ0v) is 19.5. The summed E-state index contributed by atoms with van der Waals surface area (Å²) >= 11 is 0. The van der Waals surface area contributed by atoms with E-state index in [0.29, 0.717) is 57.8 Å². The number of aryl methyl sites for hydroxylation is 1. The molecule has 0 saturated carbocycles. The lowest BCUT2D eigenvalue weighted by atomic mass is 10.2. The van der Waals surface area contributed by atoms with Gasteiger partial charge in [-0.15, -0.1) is 0 Å². The van der Waals surface area contributed by atoms with Crippen molar-refractivity contribution in [1.82, 2.24) is 9.97 Å². The normalized spacial score (nSPS) is 11.1. The molecule has 0 fully saturated rings. The number of rotatable bonds is 15. The third-order valence-electron chi connectivity index (χ3n) is 4.75. The third-order valence-corrected chi connectivity index (χ3v) is 4.75. The molecule has 0 bridgehead atoms. The highest BCUT2D eigenvalue weighted by atomic mass is 16.6. The first-order valence-electron chi connectivity index (χ1n) is 11.0. The van der Waals surface area contributed by atoms with Crippen LogP contribution in [0.1, 0.15) is 15.9 Å². The van der Waals surface area contributed by atoms with Crippen molar-refractivity contribution in [3.05, 3.63) is 47.5 Å². The molecule has 1 aromatic heterocycles. The van der Waals surface area contributed by atoms with E-state index in [-0.39, 0.29) is 24.0 Å². The molecule has 0 unspecified atom stereocenters. The van der Waals surface area contributed by atoms with Crippen LogP contribution in [0.3, 0.4) is 0 Å². The quantitative estimate of drug-likeness (QED) is 0.288. The van der Waals surface area contributed by atoms with Crippen molar-refractivity contribution in [1.29, 1.82) is 0 Å². The molecule has 0 aliphatic carbocycles. The molecule has 0 aliphatic rings. The molecule has 184 valence electrons. The number of aromatic nitrogens is 2. The molecule has 0 radical (unpaired) electrons. The van der Waals surface area contributed by atoms with E-state index in [4.69, 9.17) is 23.7 Å². The Labute approximate surface area is 198 Å². The smallest absolute Gasteiger partial charge is 0.258 e. The van der Waals surface area contributed by atoms with Crippen molar-refractivity contribution < 1.29 is 33.6 Å². The molecule has 3 aromatic rings. The van der Waals surface area contributed by atoms with Crippen LogP contribution in [0.2, 0.25) is 0 Å². The molecule has 3 N–H and O–H groups in total. The van der Waals surface area contributed by atoms with Gasteiger partial charge in [0.1, 0.15) is 6.61 Å². The van der Waals surface area contributed by atoms with Crippen LogP contribution in [0, 0.1) is 6.92 Å². The van der Waals surface area contributed by atoms with E-state index in [1.54, 1.807) is 7.11 Å². The van der Waals surface area contributed by atoms with Gasteiger partial charge in [0.25, 0.3) is 5.91 Å². The Morgan fingerprint density at radius 2 is 1.62 bits per heavy atom. The van der Waals surface area contributed by atoms with Crippen LogP contribution < -0.4 is 10.1 Å². The Kier molecular flexibility index (Phi) is 10.1. The summed E-state index contributed by atoms with van der Waals surface area (Å²) < 4.78 is 26.6. The SMILES string of the molecule is COCCOCCOCCOCCOc1cc(C(=O)Nc2nc3ccc(C)cc3[nH]2)ccc1O. The summed E-state index contributed by atoms with van der Waals surface area (Å²) in [5.41, 5.74) is 3.02. The van der Waals surface area contributed by atoms with Gasteiger partial charge in [-0.3, -0.25) is 10.1 Å². The summed E-state index contributed by atoms with van der Waals surface area (Å²) in [6.07, 6.45) is 0. The topological polar surface area (TPSA) is 124 Å². The number of benzene rings is 2. The van der Waals surface area contributed by atoms with Crippen LogP contribution in [-0.2, 0) is 18.9 Å². The van der Waals surface area contributed by atoms with E-state index >= 15 is 0 Å². The number of imidazole rings is 1. The number of nitrogens with one attached hydrogen (secondary N) is 2. The zero-order chi connectivity index (χ0) is 24.2. The summed E-state index contributed by atoms with van der Waals surface area (Å²) in [6, 6.07) is 10.2. The number of aromatic amines is 1. The monoisotopic (exact) mass is 473 g/mol. The number of ether oxygens (including phenoxy) is 5. The largest absolute Gasteiger partial charge is 0.504 e. The van der Waals surface area contributed by atoms with Crippen LogP contribution in [0.25, 0.3) is 11.0 Å². The van der Waals surface area contributed by atoms with Crippen molar-refractivity contribution >= 4 is 22.9 Å². The minimum atomic E-state index is -0.375. The first-order valence-corrected chi connectivity index (χ1v) is 11.0. The molecule has 34 heavy (non-hydrogen) atoms. The molecule has 1 heterocycles. The van der Waals surface area contributed by atoms with Crippen molar-refractivity contribution in [3.8, 4) is 11.5 Å². The maximum Gasteiger partial charge on any atom is 0.258 e. The van der Waals surface area contributed by atoms with E-state index in [9.17, 15) is 9.90 Å². The molecule has 2 aromatic carbocycles. The molecule has 10 nitrogen and oxygen atoms in total. The first-order chi connectivity index (χ1) is 16.6. The number of carbonyl (C=O) groups is 1. The fourth-order valence-corrected chi connectivity index (χ4v) is 3.03. The fraction of sp³-hybridized carbons (Fsp3) is 0.417. The molecular formula is C24H31N3O7. The van der Waals surface area contributed by atoms with Crippen LogP contribution in [0.4, 0.5) is 5.95 Å². The number of methoxy groups -OCH3 is 1. The molecule has 0 aliphatic heterocycles. The lowest BCUT2D eigenvalue weighted by Crippen LogP contribution is -2.14. The average Bonchev–Trinajstić information content (AvgIpc) is 3.22. The number of fused-ring (bicyclic) bond motifs is 1. The van der Waals surface area contributed by atoms with E-state index in [1.165, 1.54) is 18.2 Å². The number of phenols is 1. The Morgan fingerprint density at radius 1 is 0.941 bits per heavy atom. The number of nitrogens with zero attached hydrogens (tertiary/aromatic N) is 1. The lowest BCUT2D eigenvalue weighted by molar-refractivity contribution is 0.0000838. The van der Waals surface area contributed by atoms with Crippen molar-refractivity contribution in [2.75, 3.05) is 65.3 Å². The molecule has 0 saturated heterocycles. The van der Waals surface area contributed by atoms with Crippen LogP contribution in [-0.4, -0.2) is 80.9 Å². The second kappa shape index (κ2) is 13.5. The van der Waals surface area contributed by atoms with Gasteiger partial charge in [0, 0.05) is 12.7 Å². The summed E-state index contributed by atoms with van der Waals surface area (Å²) in [7, 11) is 1.63. The number of aromatic hydroxyl groups is 1. The molecule has 1 amide bonds. The molecule has 3 rings (SSSR count). The highest BCUT2D eigenvalue weighted by Crippen LogP contribution is 2.27. The Balaban J connectivity index is 1.38. The predicted molar refractivity (Wildman–Crippen MR) is 127 cm³/mol. The maximum atomic E-state index is 12.6. The predicted octanol–water partition coefficient (Wildman–Crippen LogP) is 2.90. The van der Waals surface area contributed by atoms with Gasteiger partial charge in [0.15, 0.2) is 11.5 Å². The highest BCUT2D eigenvalue weighted by Gasteiger charge is 2.13. The number of phenolic OH excluding ortho intramolecular Hbond substituents is 1. The molecule has 0 atom stereocenters. The molecule has 10 heteroatoms. The van der Waals surface area contributed by atoms with Gasteiger partial charge in [-0.05, 0) is 42.8 Å². The Morgan fingerprint density at radius 3 is 2.32 bits per heavy atom. The van der Waals surface area contributed by atoms with Crippen LogP contribution >= 0.6 is 0 Å². The second-order valence-corrected chi connectivity index (χ2v) is 7.42. The van der Waals surface area contributed by atoms with E-state index in [0.717, 1.165) is 16.6 Å². The van der Waals surface area contributed by atoms with Gasteiger partial charge >= 0.3 is 0 Å². The molecule has 0 spiro atoms. The summed E-state index contributed by atoms with van der Waals surface area (Å²) in [5, 5.41) is 12.8. The number of anilines is 1. The first kappa shape index (κ1) is 25.4. The van der Waals surface area contributed by atoms with Crippen molar-refractivity contribution in [2.45, 2.75) is 6.92 Å². The van der Waals surface area contributed by atoms with Gasteiger partial charge in [0.2, 0.25) is 5.95 Å². The number of hydrogen-bond donors (Lipinski definition) is 3. The number of amides is 1. The number of carbonyl (C=O) groups excluding carboxylic acids is 1. The number of hydrogen-bond acceptors (Lipinski definition) is 8. The third kappa shape index (κ3) is 7.99. The minimum Gasteiger partial charge on any atom is -0.504 e. The fourth-order valence-electron chi connectivity index (χ4n) is 3.03. The molecular weight excluding hydrogens is 442 g/mol. The number of H-pyrrole nitrogens is 1. The van der Waals surface area contributed by atoms with Gasteiger partial charge < -0.3 is 33.8 Å². The Hall–Kier alpha value is -3.18. The van der Waals surface area contributed by atoms with E-state index in [2.05, 4.69) is 15.3 Å². The van der Waals surface area contributed by atoms with Crippen molar-refractivity contribution in [2.24, 2.45) is 0 Å². The standard InChI is InChI=1S/C24H31N3O7/c1-17-3-5-19-20(15-17)26-24(25-19)27-23(29)18-4-6-21(28)22(16-18)34-14-13-33-12-11-32-10-9-31-8-7-30-2/h3-6,15-16,28H,7-14H2,1-2H3,(H2,25,26,27,29). The van der Waals surface area contributed by atoms with Gasteiger partial charge in [0.05, 0.1) is 57.3 Å². The van der Waals surface area contributed by atoms with Gasteiger partial charge in [-0.2, -0.15) is 0 Å². The average molecular weight is 474 g/mol. The zero-order valence-electron chi connectivity index (χ0n) is 19.5. The van der Waals surface area contributed by atoms with Crippen LogP contribution in [0.15, 0.2) is 36.4 Å². The van der Waals surface area contributed by atoms with E-state index < -0.39 is 0 Å². The summed E-state index contributed by atoms with van der Waals surface area (Å²) in [5.74, 6) is 0.104. The summed E-state index contributed by atoms with van der Waals surface area (Å²) in [6.45, 7) is 5.45. The van der Waals surface area contributed by atoms with E-state index in [1.807, 2.05) is 25.1 Å². The Bertz CT molecular complexity index is 1050. The van der Waals surface area contributed by atoms with Gasteiger partial charge in [-0.1, -0.05) is 6.07 Å². The summed E-state index contributed by atoms with van der Waals surface area (Å²) in [4.78, 5) is 20.1. The highest BCUT2D eigenvalue weighted by molar-refractivity contribution is 6.04. The van der Waals surface area contributed by atoms with Crippen molar-refractivity contribution in [3.63, 3.8) is 0 Å². The maximum absolute atomic E-state index is 12.6. The van der Waals surface area contributed by atoms with Gasteiger partial charge in [-0.25, -0.2) is 4.98 Å². The minimum absolute atomic E-state index is 0.0624. The second-order valence-electron chi connectivity index (χ2n) is 7.42. The lowest BCUT2D eigenvalue weighted by Gasteiger charge is -2.10. The van der Waals surface area contributed by atoms with Crippen LogP contribution in [0.5, 0.6) is 11.5 Å².